The molecular formula is C27H31N5O. The Morgan fingerprint density at radius 2 is 1.88 bits per heavy atom. The van der Waals surface area contributed by atoms with Crippen molar-refractivity contribution < 1.29 is 4.79 Å². The predicted molar refractivity (Wildman–Crippen MR) is 132 cm³/mol. The number of aromatic nitrogens is 3. The van der Waals surface area contributed by atoms with E-state index < -0.39 is 0 Å². The van der Waals surface area contributed by atoms with E-state index in [0.717, 1.165) is 48.7 Å². The number of nitrogens with one attached hydrogen (secondary N) is 1. The first-order valence-electron chi connectivity index (χ1n) is 11.9. The second-order valence-corrected chi connectivity index (χ2v) is 9.75. The van der Waals surface area contributed by atoms with E-state index in [4.69, 9.17) is 0 Å². The highest BCUT2D eigenvalue weighted by Crippen LogP contribution is 2.34. The largest absolute Gasteiger partial charge is 0.371 e. The lowest BCUT2D eigenvalue weighted by Crippen LogP contribution is -2.21. The van der Waals surface area contributed by atoms with Gasteiger partial charge in [-0.15, -0.1) is 0 Å². The molecule has 0 radical (unpaired) electrons. The van der Waals surface area contributed by atoms with Crippen LogP contribution >= 0.6 is 0 Å². The normalized spacial score (nSPS) is 18.1. The third-order valence-electron chi connectivity index (χ3n) is 6.97. The molecule has 3 heterocycles. The Kier molecular flexibility index (Phi) is 5.83. The van der Waals surface area contributed by atoms with Crippen LogP contribution in [0, 0.1) is 24.7 Å². The minimum Gasteiger partial charge on any atom is -0.371 e. The number of carbonyl (C=O) groups excluding carboxylic acids is 1. The first-order chi connectivity index (χ1) is 16.0. The molecule has 2 aromatic heterocycles. The average molecular weight is 442 g/mol. The lowest BCUT2D eigenvalue weighted by atomic mass is 9.95. The monoisotopic (exact) mass is 441 g/mol. The summed E-state index contributed by atoms with van der Waals surface area (Å²) in [7, 11) is 0. The van der Waals surface area contributed by atoms with Crippen molar-refractivity contribution in [3.05, 3.63) is 54.6 Å². The van der Waals surface area contributed by atoms with Crippen LogP contribution in [-0.4, -0.2) is 33.9 Å². The van der Waals surface area contributed by atoms with E-state index in [-0.39, 0.29) is 11.8 Å². The summed E-state index contributed by atoms with van der Waals surface area (Å²) in [6.07, 6.45) is 8.40. The Hall–Kier alpha value is -3.28. The maximum absolute atomic E-state index is 12.1. The molecule has 1 saturated heterocycles. The van der Waals surface area contributed by atoms with Crippen molar-refractivity contribution in [2.24, 2.45) is 17.8 Å². The van der Waals surface area contributed by atoms with Gasteiger partial charge in [0, 0.05) is 54.3 Å². The number of anilines is 2. The van der Waals surface area contributed by atoms with E-state index in [9.17, 15) is 4.79 Å². The molecule has 0 spiro atoms. The molecule has 6 nitrogen and oxygen atoms in total. The van der Waals surface area contributed by atoms with E-state index in [2.05, 4.69) is 70.2 Å². The second kappa shape index (κ2) is 8.93. The molecule has 1 unspecified atom stereocenters. The Bertz CT molecular complexity index is 1170. The number of benzene rings is 1. The van der Waals surface area contributed by atoms with Crippen molar-refractivity contribution in [2.45, 2.75) is 40.0 Å². The molecule has 1 aliphatic carbocycles. The SMILES string of the molecule is Cc1ccc(N2CCC(C(C)C)C2)cc1-c1cncc(-c2cc(NC(=O)C3CC3)ncn2)c1. The van der Waals surface area contributed by atoms with Crippen molar-refractivity contribution in [1.82, 2.24) is 15.0 Å². The van der Waals surface area contributed by atoms with Gasteiger partial charge in [-0.3, -0.25) is 9.78 Å². The quantitative estimate of drug-likeness (QED) is 0.559. The summed E-state index contributed by atoms with van der Waals surface area (Å²) in [6.45, 7) is 9.02. The topological polar surface area (TPSA) is 71.0 Å². The summed E-state index contributed by atoms with van der Waals surface area (Å²) in [6, 6.07) is 10.7. The zero-order valence-corrected chi connectivity index (χ0v) is 19.6. The number of carbonyl (C=O) groups is 1. The Labute approximate surface area is 195 Å². The molecule has 33 heavy (non-hydrogen) atoms. The summed E-state index contributed by atoms with van der Waals surface area (Å²) in [4.78, 5) is 27.8. The standard InChI is InChI=1S/C27H31N5O/c1-17(2)20-8-9-32(15-20)23-7-4-18(3)24(11-23)21-10-22(14-28-13-21)25-12-26(30-16-29-25)31-27(33)19-5-6-19/h4,7,10-14,16-17,19-20H,5-6,8-9,15H2,1-3H3,(H,29,30,31,33). The fourth-order valence-corrected chi connectivity index (χ4v) is 4.57. The van der Waals surface area contributed by atoms with Gasteiger partial charge in [-0.2, -0.15) is 0 Å². The van der Waals surface area contributed by atoms with Crippen LogP contribution in [0.2, 0.25) is 0 Å². The van der Waals surface area contributed by atoms with Crippen molar-refractivity contribution in [3.63, 3.8) is 0 Å². The van der Waals surface area contributed by atoms with Gasteiger partial charge in [0.2, 0.25) is 5.91 Å². The Morgan fingerprint density at radius 3 is 2.64 bits per heavy atom. The first kappa shape index (κ1) is 21.6. The number of amides is 1. The highest BCUT2D eigenvalue weighted by molar-refractivity contribution is 5.93. The minimum absolute atomic E-state index is 0.0422. The summed E-state index contributed by atoms with van der Waals surface area (Å²) in [5.41, 5.74) is 6.40. The Balaban J connectivity index is 1.41. The molecular weight excluding hydrogens is 410 g/mol. The number of rotatable bonds is 6. The van der Waals surface area contributed by atoms with Crippen molar-refractivity contribution in [1.29, 1.82) is 0 Å². The van der Waals surface area contributed by atoms with Crippen LogP contribution in [0.25, 0.3) is 22.4 Å². The molecule has 1 N–H and O–H groups in total. The van der Waals surface area contributed by atoms with E-state index in [1.807, 2.05) is 18.5 Å². The average Bonchev–Trinajstić information content (AvgIpc) is 3.56. The van der Waals surface area contributed by atoms with Gasteiger partial charge in [-0.1, -0.05) is 19.9 Å². The van der Waals surface area contributed by atoms with Crippen LogP contribution in [-0.2, 0) is 4.79 Å². The third-order valence-corrected chi connectivity index (χ3v) is 6.97. The zero-order chi connectivity index (χ0) is 22.9. The molecule has 1 amide bonds. The van der Waals surface area contributed by atoms with Gasteiger partial charge in [0.1, 0.15) is 12.1 Å². The van der Waals surface area contributed by atoms with Gasteiger partial charge in [0.25, 0.3) is 0 Å². The number of hydrogen-bond acceptors (Lipinski definition) is 5. The van der Waals surface area contributed by atoms with Crippen LogP contribution in [0.15, 0.2) is 49.1 Å². The van der Waals surface area contributed by atoms with E-state index >= 15 is 0 Å². The van der Waals surface area contributed by atoms with Gasteiger partial charge in [0.05, 0.1) is 5.69 Å². The smallest absolute Gasteiger partial charge is 0.228 e. The van der Waals surface area contributed by atoms with Crippen molar-refractivity contribution in [2.75, 3.05) is 23.3 Å². The van der Waals surface area contributed by atoms with Gasteiger partial charge >= 0.3 is 0 Å². The molecule has 170 valence electrons. The van der Waals surface area contributed by atoms with Gasteiger partial charge in [0.15, 0.2) is 0 Å². The third kappa shape index (κ3) is 4.75. The van der Waals surface area contributed by atoms with Crippen LogP contribution in [0.1, 0.15) is 38.7 Å². The van der Waals surface area contributed by atoms with E-state index in [1.54, 1.807) is 0 Å². The Morgan fingerprint density at radius 1 is 1.06 bits per heavy atom. The lowest BCUT2D eigenvalue weighted by Gasteiger charge is -2.21. The maximum atomic E-state index is 12.1. The van der Waals surface area contributed by atoms with Gasteiger partial charge in [-0.05, 0) is 67.3 Å². The van der Waals surface area contributed by atoms with Crippen molar-refractivity contribution >= 4 is 17.4 Å². The van der Waals surface area contributed by atoms with Crippen molar-refractivity contribution in [3.8, 4) is 22.4 Å². The van der Waals surface area contributed by atoms with E-state index in [1.165, 1.54) is 29.6 Å². The lowest BCUT2D eigenvalue weighted by molar-refractivity contribution is -0.117. The molecule has 6 heteroatoms. The molecule has 0 bridgehead atoms. The summed E-state index contributed by atoms with van der Waals surface area (Å²) >= 11 is 0. The first-order valence-corrected chi connectivity index (χ1v) is 11.9. The second-order valence-electron chi connectivity index (χ2n) is 9.75. The zero-order valence-electron chi connectivity index (χ0n) is 19.6. The maximum Gasteiger partial charge on any atom is 0.228 e. The molecule has 1 atom stereocenters. The van der Waals surface area contributed by atoms with Crippen LogP contribution in [0.5, 0.6) is 0 Å². The fraction of sp³-hybridized carbons (Fsp3) is 0.407. The highest BCUT2D eigenvalue weighted by Gasteiger charge is 2.30. The van der Waals surface area contributed by atoms with Gasteiger partial charge in [-0.25, -0.2) is 9.97 Å². The van der Waals surface area contributed by atoms with Gasteiger partial charge < -0.3 is 10.2 Å². The molecule has 1 aromatic carbocycles. The van der Waals surface area contributed by atoms with Crippen LogP contribution in [0.4, 0.5) is 11.5 Å². The number of hydrogen-bond donors (Lipinski definition) is 1. The molecule has 2 fully saturated rings. The summed E-state index contributed by atoms with van der Waals surface area (Å²) in [5.74, 6) is 2.18. The minimum atomic E-state index is 0.0422. The number of pyridine rings is 1. The number of nitrogens with zero attached hydrogens (tertiary/aromatic N) is 4. The molecule has 3 aromatic rings. The summed E-state index contributed by atoms with van der Waals surface area (Å²) < 4.78 is 0. The van der Waals surface area contributed by atoms with Crippen LogP contribution in [0.3, 0.4) is 0 Å². The summed E-state index contributed by atoms with van der Waals surface area (Å²) in [5, 5.41) is 2.90. The fourth-order valence-electron chi connectivity index (χ4n) is 4.57. The molecule has 1 aliphatic heterocycles. The molecule has 1 saturated carbocycles. The highest BCUT2D eigenvalue weighted by atomic mass is 16.2. The van der Waals surface area contributed by atoms with Crippen LogP contribution < -0.4 is 10.2 Å². The van der Waals surface area contributed by atoms with E-state index in [0.29, 0.717) is 11.7 Å². The predicted octanol–water partition coefficient (Wildman–Crippen LogP) is 5.34. The molecule has 2 aliphatic rings. The molecule has 5 rings (SSSR count). The number of aryl methyl sites for hydroxylation is 1.